The molecule has 0 N–H and O–H groups in total. The van der Waals surface area contributed by atoms with E-state index in [1.165, 1.54) is 21.7 Å². The van der Waals surface area contributed by atoms with Crippen LogP contribution in [0.15, 0.2) is 18.2 Å². The summed E-state index contributed by atoms with van der Waals surface area (Å²) in [6, 6.07) is 6.34. The van der Waals surface area contributed by atoms with Crippen LogP contribution in [0.4, 0.5) is 5.69 Å². The maximum atomic E-state index is 12.7. The van der Waals surface area contributed by atoms with Crippen molar-refractivity contribution < 1.29 is 14.4 Å². The first-order valence-electron chi connectivity index (χ1n) is 10.9. The van der Waals surface area contributed by atoms with Crippen LogP contribution in [0.1, 0.15) is 43.2 Å². The number of carbonyl (C=O) groups excluding carboxylic acids is 3. The Morgan fingerprint density at radius 1 is 0.966 bits per heavy atom. The average Bonchev–Trinajstić information content (AvgIpc) is 2.99. The van der Waals surface area contributed by atoms with Crippen LogP contribution in [0.5, 0.6) is 0 Å². The van der Waals surface area contributed by atoms with Gasteiger partial charge in [0.15, 0.2) is 0 Å². The number of aryl methyl sites for hydroxylation is 1. The smallest absolute Gasteiger partial charge is 0.233 e. The lowest BCUT2D eigenvalue weighted by Crippen LogP contribution is -2.49. The van der Waals surface area contributed by atoms with Crippen molar-refractivity contribution in [1.82, 2.24) is 9.80 Å². The van der Waals surface area contributed by atoms with Crippen molar-refractivity contribution in [1.29, 1.82) is 0 Å². The SMILES string of the molecule is Cc1cccc(N2CCN(C(=O)CCN3C(=O)[C@@H]4CCCC[C@H]4C3=O)CC2)c1C. The van der Waals surface area contributed by atoms with Crippen molar-refractivity contribution in [3.63, 3.8) is 0 Å². The number of imide groups is 1. The van der Waals surface area contributed by atoms with Crippen molar-refractivity contribution in [3.8, 4) is 0 Å². The topological polar surface area (TPSA) is 60.9 Å². The zero-order chi connectivity index (χ0) is 20.5. The minimum Gasteiger partial charge on any atom is -0.368 e. The van der Waals surface area contributed by atoms with Crippen molar-refractivity contribution in [2.75, 3.05) is 37.6 Å². The number of rotatable bonds is 4. The lowest BCUT2D eigenvalue weighted by Gasteiger charge is -2.37. The maximum Gasteiger partial charge on any atom is 0.233 e. The summed E-state index contributed by atoms with van der Waals surface area (Å²) in [6.45, 7) is 7.47. The summed E-state index contributed by atoms with van der Waals surface area (Å²) in [6.07, 6.45) is 3.93. The van der Waals surface area contributed by atoms with Gasteiger partial charge in [-0.25, -0.2) is 0 Å². The minimum atomic E-state index is -0.132. The van der Waals surface area contributed by atoms with Crippen molar-refractivity contribution in [2.24, 2.45) is 11.8 Å². The fourth-order valence-corrected chi connectivity index (χ4v) is 5.09. The van der Waals surface area contributed by atoms with Crippen LogP contribution in [-0.4, -0.2) is 60.2 Å². The van der Waals surface area contributed by atoms with E-state index in [0.717, 1.165) is 38.8 Å². The summed E-state index contributed by atoms with van der Waals surface area (Å²) in [4.78, 5) is 43.4. The molecule has 2 heterocycles. The van der Waals surface area contributed by atoms with E-state index in [1.807, 2.05) is 4.90 Å². The molecule has 4 rings (SSSR count). The Morgan fingerprint density at radius 2 is 1.59 bits per heavy atom. The molecule has 1 aromatic rings. The average molecular weight is 398 g/mol. The molecular weight excluding hydrogens is 366 g/mol. The number of amides is 3. The second kappa shape index (κ2) is 8.17. The zero-order valence-electron chi connectivity index (χ0n) is 17.5. The predicted octanol–water partition coefficient (Wildman–Crippen LogP) is 2.52. The molecule has 6 nitrogen and oxygen atoms in total. The third-order valence-electron chi connectivity index (χ3n) is 7.03. The predicted molar refractivity (Wildman–Crippen MR) is 111 cm³/mol. The Hall–Kier alpha value is -2.37. The molecule has 0 spiro atoms. The number of hydrogen-bond donors (Lipinski definition) is 0. The van der Waals surface area contributed by atoms with Gasteiger partial charge in [0.05, 0.1) is 11.8 Å². The maximum absolute atomic E-state index is 12.7. The Kier molecular flexibility index (Phi) is 5.61. The number of piperazine rings is 1. The molecule has 1 aliphatic carbocycles. The Bertz CT molecular complexity index is 790. The van der Waals surface area contributed by atoms with E-state index < -0.39 is 0 Å². The lowest BCUT2D eigenvalue weighted by molar-refractivity contribution is -0.140. The third kappa shape index (κ3) is 3.77. The monoisotopic (exact) mass is 397 g/mol. The van der Waals surface area contributed by atoms with Gasteiger partial charge in [-0.2, -0.15) is 0 Å². The molecule has 0 aromatic heterocycles. The standard InChI is InChI=1S/C23H31N3O3/c1-16-6-5-9-20(17(16)2)24-12-14-25(15-13-24)21(27)10-11-26-22(28)18-7-3-4-8-19(18)23(26)29/h5-6,9,18-19H,3-4,7-8,10-15H2,1-2H3/t18-,19-/m1/s1. The van der Waals surface area contributed by atoms with E-state index >= 15 is 0 Å². The van der Waals surface area contributed by atoms with Crippen LogP contribution >= 0.6 is 0 Å². The van der Waals surface area contributed by atoms with Gasteiger partial charge in [-0.05, 0) is 43.9 Å². The van der Waals surface area contributed by atoms with E-state index in [4.69, 9.17) is 0 Å². The van der Waals surface area contributed by atoms with Crippen molar-refractivity contribution >= 4 is 23.4 Å². The van der Waals surface area contributed by atoms with Gasteiger partial charge in [-0.15, -0.1) is 0 Å². The third-order valence-corrected chi connectivity index (χ3v) is 7.03. The molecule has 156 valence electrons. The minimum absolute atomic E-state index is 0.0427. The first kappa shape index (κ1) is 19.9. The molecule has 3 fully saturated rings. The molecule has 29 heavy (non-hydrogen) atoms. The number of hydrogen-bond acceptors (Lipinski definition) is 4. The Morgan fingerprint density at radius 3 is 2.21 bits per heavy atom. The molecule has 0 radical (unpaired) electrons. The first-order chi connectivity index (χ1) is 14.0. The highest BCUT2D eigenvalue weighted by atomic mass is 16.2. The van der Waals surface area contributed by atoms with Gasteiger partial charge in [0, 0.05) is 44.8 Å². The van der Waals surface area contributed by atoms with E-state index in [9.17, 15) is 14.4 Å². The number of nitrogens with zero attached hydrogens (tertiary/aromatic N) is 3. The number of fused-ring (bicyclic) bond motifs is 1. The van der Waals surface area contributed by atoms with Crippen LogP contribution in [-0.2, 0) is 14.4 Å². The normalized spacial score (nSPS) is 24.8. The van der Waals surface area contributed by atoms with Crippen molar-refractivity contribution in [3.05, 3.63) is 29.3 Å². The van der Waals surface area contributed by atoms with Gasteiger partial charge in [-0.1, -0.05) is 25.0 Å². The van der Waals surface area contributed by atoms with Gasteiger partial charge >= 0.3 is 0 Å². The van der Waals surface area contributed by atoms with E-state index in [-0.39, 0.29) is 42.5 Å². The van der Waals surface area contributed by atoms with E-state index in [2.05, 4.69) is 36.9 Å². The van der Waals surface area contributed by atoms with Crippen LogP contribution in [0.3, 0.4) is 0 Å². The van der Waals surface area contributed by atoms with Gasteiger partial charge in [0.25, 0.3) is 0 Å². The Balaban J connectivity index is 1.30. The highest BCUT2D eigenvalue weighted by molar-refractivity contribution is 6.05. The second-order valence-electron chi connectivity index (χ2n) is 8.66. The van der Waals surface area contributed by atoms with Gasteiger partial charge in [0.2, 0.25) is 17.7 Å². The summed E-state index contributed by atoms with van der Waals surface area (Å²) >= 11 is 0. The van der Waals surface area contributed by atoms with Crippen LogP contribution < -0.4 is 4.90 Å². The molecule has 2 atom stereocenters. The number of carbonyl (C=O) groups is 3. The number of benzene rings is 1. The van der Waals surface area contributed by atoms with Crippen LogP contribution in [0.2, 0.25) is 0 Å². The molecule has 2 saturated heterocycles. The summed E-state index contributed by atoms with van der Waals surface area (Å²) in [7, 11) is 0. The molecule has 0 bridgehead atoms. The fourth-order valence-electron chi connectivity index (χ4n) is 5.09. The zero-order valence-corrected chi connectivity index (χ0v) is 17.5. The highest BCUT2D eigenvalue weighted by Crippen LogP contribution is 2.38. The van der Waals surface area contributed by atoms with Gasteiger partial charge < -0.3 is 9.80 Å². The summed E-state index contributed by atoms with van der Waals surface area (Å²) in [5, 5.41) is 0. The van der Waals surface area contributed by atoms with Gasteiger partial charge in [0.1, 0.15) is 0 Å². The first-order valence-corrected chi connectivity index (χ1v) is 10.9. The molecule has 0 unspecified atom stereocenters. The number of anilines is 1. The molecule has 3 amide bonds. The van der Waals surface area contributed by atoms with Gasteiger partial charge in [-0.3, -0.25) is 19.3 Å². The quantitative estimate of drug-likeness (QED) is 0.733. The molecule has 6 heteroatoms. The molecule has 1 saturated carbocycles. The highest BCUT2D eigenvalue weighted by Gasteiger charge is 2.47. The molecule has 3 aliphatic rings. The second-order valence-corrected chi connectivity index (χ2v) is 8.66. The molecule has 1 aromatic carbocycles. The number of likely N-dealkylation sites (tertiary alicyclic amines) is 1. The lowest BCUT2D eigenvalue weighted by atomic mass is 9.81. The van der Waals surface area contributed by atoms with E-state index in [1.54, 1.807) is 0 Å². The molecule has 2 aliphatic heterocycles. The van der Waals surface area contributed by atoms with E-state index in [0.29, 0.717) is 13.1 Å². The fraction of sp³-hybridized carbons (Fsp3) is 0.609. The Labute approximate surface area is 172 Å². The summed E-state index contributed by atoms with van der Waals surface area (Å²) in [5.74, 6) is -0.319. The van der Waals surface area contributed by atoms with Crippen LogP contribution in [0, 0.1) is 25.7 Å². The largest absolute Gasteiger partial charge is 0.368 e. The molecular formula is C23H31N3O3. The summed E-state index contributed by atoms with van der Waals surface area (Å²) in [5.41, 5.74) is 3.81. The van der Waals surface area contributed by atoms with Crippen LogP contribution in [0.25, 0.3) is 0 Å². The van der Waals surface area contributed by atoms with Crippen molar-refractivity contribution in [2.45, 2.75) is 46.0 Å². The summed E-state index contributed by atoms with van der Waals surface area (Å²) < 4.78 is 0.